The van der Waals surface area contributed by atoms with Crippen molar-refractivity contribution >= 4 is 29.2 Å². The number of carboxylic acids is 1. The van der Waals surface area contributed by atoms with Gasteiger partial charge in [0.05, 0.1) is 11.8 Å². The van der Waals surface area contributed by atoms with Gasteiger partial charge in [-0.05, 0) is 30.3 Å². The maximum atomic E-state index is 13.6. The Morgan fingerprint density at radius 3 is 2.48 bits per heavy atom. The van der Waals surface area contributed by atoms with Gasteiger partial charge < -0.3 is 5.11 Å². The van der Waals surface area contributed by atoms with Crippen molar-refractivity contribution in [2.24, 2.45) is 0 Å². The van der Waals surface area contributed by atoms with E-state index < -0.39 is 24.2 Å². The van der Waals surface area contributed by atoms with Crippen LogP contribution in [-0.4, -0.2) is 28.5 Å². The molecular weight excluding hydrogens is 299 g/mol. The summed E-state index contributed by atoms with van der Waals surface area (Å²) >= 11 is 5.76. The molecule has 2 rings (SSSR count). The zero-order valence-corrected chi connectivity index (χ0v) is 11.4. The molecule has 0 aliphatic rings. The molecule has 0 fully saturated rings. The molecule has 7 heteroatoms. The first kappa shape index (κ1) is 14.9. The van der Waals surface area contributed by atoms with Crippen molar-refractivity contribution in [3.8, 4) is 0 Å². The molecular formula is C14H10ClFN2O3. The standard InChI is InChI=1S/C14H10ClFN2O3/c15-9-1-3-10(4-2-9)18(8-13(19)20)14(21)11-5-6-17-7-12(11)16/h1-7H,8H2,(H,19,20). The van der Waals surface area contributed by atoms with Gasteiger partial charge in [-0.1, -0.05) is 11.6 Å². The smallest absolute Gasteiger partial charge is 0.323 e. The van der Waals surface area contributed by atoms with Crippen molar-refractivity contribution in [3.05, 3.63) is 59.1 Å². The summed E-state index contributed by atoms with van der Waals surface area (Å²) in [5.41, 5.74) is 0.0595. The maximum absolute atomic E-state index is 13.6. The first-order valence-electron chi connectivity index (χ1n) is 5.88. The van der Waals surface area contributed by atoms with Crippen molar-refractivity contribution in [1.82, 2.24) is 4.98 Å². The van der Waals surface area contributed by atoms with Gasteiger partial charge in [-0.25, -0.2) is 4.39 Å². The second-order valence-electron chi connectivity index (χ2n) is 4.12. The van der Waals surface area contributed by atoms with E-state index in [1.165, 1.54) is 36.5 Å². The Kier molecular flexibility index (Phi) is 4.49. The molecule has 2 aromatic rings. The van der Waals surface area contributed by atoms with Crippen LogP contribution in [0.1, 0.15) is 10.4 Å². The van der Waals surface area contributed by atoms with Gasteiger partial charge in [-0.2, -0.15) is 0 Å². The van der Waals surface area contributed by atoms with Crippen LogP contribution in [0.4, 0.5) is 10.1 Å². The molecule has 0 aliphatic heterocycles. The topological polar surface area (TPSA) is 70.5 Å². The summed E-state index contributed by atoms with van der Waals surface area (Å²) in [6.45, 7) is -0.595. The van der Waals surface area contributed by atoms with Crippen molar-refractivity contribution in [2.45, 2.75) is 0 Å². The number of benzene rings is 1. The molecule has 108 valence electrons. The molecule has 0 saturated carbocycles. The average Bonchev–Trinajstić information content (AvgIpc) is 2.45. The van der Waals surface area contributed by atoms with Gasteiger partial charge >= 0.3 is 5.97 Å². The highest BCUT2D eigenvalue weighted by Crippen LogP contribution is 2.20. The molecule has 0 aliphatic carbocycles. The molecule has 0 radical (unpaired) electrons. The van der Waals surface area contributed by atoms with E-state index in [0.717, 1.165) is 11.1 Å². The van der Waals surface area contributed by atoms with Crippen molar-refractivity contribution in [1.29, 1.82) is 0 Å². The van der Waals surface area contributed by atoms with E-state index in [0.29, 0.717) is 10.7 Å². The Hall–Kier alpha value is -2.47. The Balaban J connectivity index is 2.40. The van der Waals surface area contributed by atoms with E-state index in [4.69, 9.17) is 16.7 Å². The first-order valence-corrected chi connectivity index (χ1v) is 6.25. The lowest BCUT2D eigenvalue weighted by Gasteiger charge is -2.21. The number of nitrogens with zero attached hydrogens (tertiary/aromatic N) is 2. The Labute approximate surface area is 124 Å². The fourth-order valence-corrected chi connectivity index (χ4v) is 1.86. The van der Waals surface area contributed by atoms with Crippen LogP contribution in [0.5, 0.6) is 0 Å². The molecule has 1 aromatic heterocycles. The van der Waals surface area contributed by atoms with Crippen molar-refractivity contribution < 1.29 is 19.1 Å². The summed E-state index contributed by atoms with van der Waals surface area (Å²) < 4.78 is 13.6. The molecule has 1 amide bonds. The van der Waals surface area contributed by atoms with Gasteiger partial charge in [0.1, 0.15) is 6.54 Å². The van der Waals surface area contributed by atoms with Crippen LogP contribution in [0.15, 0.2) is 42.7 Å². The molecule has 21 heavy (non-hydrogen) atoms. The minimum absolute atomic E-state index is 0.249. The number of carbonyl (C=O) groups is 2. The lowest BCUT2D eigenvalue weighted by atomic mass is 10.2. The summed E-state index contributed by atoms with van der Waals surface area (Å²) in [6, 6.07) is 7.21. The SMILES string of the molecule is O=C(O)CN(C(=O)c1ccncc1F)c1ccc(Cl)cc1. The second kappa shape index (κ2) is 6.32. The fourth-order valence-electron chi connectivity index (χ4n) is 1.73. The number of aromatic nitrogens is 1. The van der Waals surface area contributed by atoms with Crippen LogP contribution in [-0.2, 0) is 4.79 Å². The fraction of sp³-hybridized carbons (Fsp3) is 0.0714. The van der Waals surface area contributed by atoms with Gasteiger partial charge in [0, 0.05) is 16.9 Å². The number of rotatable bonds is 4. The highest BCUT2D eigenvalue weighted by Gasteiger charge is 2.23. The van der Waals surface area contributed by atoms with E-state index in [1.807, 2.05) is 0 Å². The summed E-state index contributed by atoms with van der Waals surface area (Å²) in [6.07, 6.45) is 2.16. The number of halogens is 2. The number of anilines is 1. The highest BCUT2D eigenvalue weighted by molar-refractivity contribution is 6.30. The van der Waals surface area contributed by atoms with Crippen LogP contribution in [0.25, 0.3) is 0 Å². The van der Waals surface area contributed by atoms with E-state index in [1.54, 1.807) is 0 Å². The predicted octanol–water partition coefficient (Wildman–Crippen LogP) is 2.61. The van der Waals surface area contributed by atoms with Gasteiger partial charge in [0.25, 0.3) is 5.91 Å². The molecule has 1 aromatic carbocycles. The van der Waals surface area contributed by atoms with E-state index in [-0.39, 0.29) is 5.56 Å². The minimum atomic E-state index is -1.22. The predicted molar refractivity (Wildman–Crippen MR) is 75.0 cm³/mol. The third-order valence-corrected chi connectivity index (χ3v) is 2.93. The zero-order valence-electron chi connectivity index (χ0n) is 10.7. The molecule has 0 spiro atoms. The first-order chi connectivity index (χ1) is 9.99. The van der Waals surface area contributed by atoms with E-state index in [9.17, 15) is 14.0 Å². The van der Waals surface area contributed by atoms with Crippen LogP contribution in [0.2, 0.25) is 5.02 Å². The Morgan fingerprint density at radius 2 is 1.90 bits per heavy atom. The van der Waals surface area contributed by atoms with Crippen molar-refractivity contribution in [3.63, 3.8) is 0 Å². The van der Waals surface area contributed by atoms with Crippen LogP contribution < -0.4 is 4.90 Å². The van der Waals surface area contributed by atoms with Crippen LogP contribution in [0, 0.1) is 5.82 Å². The van der Waals surface area contributed by atoms with E-state index >= 15 is 0 Å². The quantitative estimate of drug-likeness (QED) is 0.942. The van der Waals surface area contributed by atoms with Crippen LogP contribution >= 0.6 is 11.6 Å². The normalized spacial score (nSPS) is 10.2. The molecule has 1 heterocycles. The second-order valence-corrected chi connectivity index (χ2v) is 4.55. The zero-order chi connectivity index (χ0) is 15.4. The number of carbonyl (C=O) groups excluding carboxylic acids is 1. The minimum Gasteiger partial charge on any atom is -0.480 e. The maximum Gasteiger partial charge on any atom is 0.323 e. The molecule has 0 atom stereocenters. The lowest BCUT2D eigenvalue weighted by Crippen LogP contribution is -2.36. The average molecular weight is 309 g/mol. The summed E-state index contributed by atoms with van der Waals surface area (Å²) in [4.78, 5) is 27.8. The monoisotopic (exact) mass is 308 g/mol. The molecule has 0 bridgehead atoms. The number of hydrogen-bond acceptors (Lipinski definition) is 3. The summed E-state index contributed by atoms with van der Waals surface area (Å²) in [5, 5.41) is 9.38. The lowest BCUT2D eigenvalue weighted by molar-refractivity contribution is -0.135. The Morgan fingerprint density at radius 1 is 1.24 bits per heavy atom. The molecule has 0 unspecified atom stereocenters. The summed E-state index contributed by atoms with van der Waals surface area (Å²) in [5.74, 6) is -2.79. The van der Waals surface area contributed by atoms with Gasteiger partial charge in [-0.15, -0.1) is 0 Å². The number of amides is 1. The van der Waals surface area contributed by atoms with Gasteiger partial charge in [0.15, 0.2) is 5.82 Å². The van der Waals surface area contributed by atoms with E-state index in [2.05, 4.69) is 4.98 Å². The third kappa shape index (κ3) is 3.55. The van der Waals surface area contributed by atoms with Crippen molar-refractivity contribution in [2.75, 3.05) is 11.4 Å². The third-order valence-electron chi connectivity index (χ3n) is 2.68. The molecule has 1 N–H and O–H groups in total. The largest absolute Gasteiger partial charge is 0.480 e. The molecule has 5 nitrogen and oxygen atoms in total. The van der Waals surface area contributed by atoms with Crippen LogP contribution in [0.3, 0.4) is 0 Å². The Bertz CT molecular complexity index is 676. The number of pyridine rings is 1. The number of aliphatic carboxylic acids is 1. The van der Waals surface area contributed by atoms with Gasteiger partial charge in [0.2, 0.25) is 0 Å². The highest BCUT2D eigenvalue weighted by atomic mass is 35.5. The molecule has 0 saturated heterocycles. The van der Waals surface area contributed by atoms with Gasteiger partial charge in [-0.3, -0.25) is 19.5 Å². The summed E-state index contributed by atoms with van der Waals surface area (Å²) in [7, 11) is 0. The number of hydrogen-bond donors (Lipinski definition) is 1. The number of carboxylic acid groups (broad SMARTS) is 1.